The van der Waals surface area contributed by atoms with Gasteiger partial charge in [0, 0.05) is 29.0 Å². The number of benzene rings is 3. The maximum absolute atomic E-state index is 14.7. The number of hydrogen-bond acceptors (Lipinski definition) is 4. The molecule has 1 atom stereocenters. The Hall–Kier alpha value is -3.24. The SMILES string of the molecule is CC(C)NC(=O)C(Cc1ccccc1)N(Cc1ccccc1F)C(=O)CN(c1cccc(Br)c1)S(C)(=O)=O. The maximum atomic E-state index is 14.7. The van der Waals surface area contributed by atoms with Gasteiger partial charge in [0.2, 0.25) is 21.8 Å². The molecule has 38 heavy (non-hydrogen) atoms. The molecule has 0 aliphatic rings. The van der Waals surface area contributed by atoms with E-state index < -0.39 is 40.2 Å². The van der Waals surface area contributed by atoms with E-state index in [0.29, 0.717) is 4.47 Å². The third-order valence-electron chi connectivity index (χ3n) is 5.78. The first-order valence-electron chi connectivity index (χ1n) is 12.1. The van der Waals surface area contributed by atoms with Crippen molar-refractivity contribution in [2.45, 2.75) is 38.9 Å². The number of hydrogen-bond donors (Lipinski definition) is 1. The third-order valence-corrected chi connectivity index (χ3v) is 7.41. The zero-order valence-electron chi connectivity index (χ0n) is 21.5. The Kier molecular flexibility index (Phi) is 10.0. The van der Waals surface area contributed by atoms with Crippen LogP contribution in [0.3, 0.4) is 0 Å². The van der Waals surface area contributed by atoms with E-state index in [0.717, 1.165) is 16.1 Å². The van der Waals surface area contributed by atoms with Crippen molar-refractivity contribution in [3.8, 4) is 0 Å². The van der Waals surface area contributed by atoms with Crippen LogP contribution in [-0.2, 0) is 32.6 Å². The monoisotopic (exact) mass is 603 g/mol. The minimum absolute atomic E-state index is 0.162. The van der Waals surface area contributed by atoms with E-state index in [2.05, 4.69) is 21.2 Å². The molecule has 0 fully saturated rings. The fraction of sp³-hybridized carbons (Fsp3) is 0.286. The molecular formula is C28H31BrFN3O4S. The Balaban J connectivity index is 2.07. The molecule has 3 aromatic rings. The van der Waals surface area contributed by atoms with Crippen LogP contribution in [0.25, 0.3) is 0 Å². The summed E-state index contributed by atoms with van der Waals surface area (Å²) in [7, 11) is -3.88. The second-order valence-corrected chi connectivity index (χ2v) is 12.1. The first-order valence-corrected chi connectivity index (χ1v) is 14.7. The molecule has 0 saturated carbocycles. The second kappa shape index (κ2) is 13.0. The van der Waals surface area contributed by atoms with Gasteiger partial charge in [-0.2, -0.15) is 0 Å². The predicted octanol–water partition coefficient (Wildman–Crippen LogP) is 4.52. The lowest BCUT2D eigenvalue weighted by Gasteiger charge is -2.34. The molecule has 202 valence electrons. The molecule has 0 aliphatic carbocycles. The number of halogens is 2. The predicted molar refractivity (Wildman–Crippen MR) is 150 cm³/mol. The standard InChI is InChI=1S/C28H31BrFN3O4S/c1-20(2)31-28(35)26(16-21-10-5-4-6-11-21)32(18-22-12-7-8-15-25(22)30)27(34)19-33(38(3,36)37)24-14-9-13-23(29)17-24/h4-15,17,20,26H,16,18-19H2,1-3H3,(H,31,35). The summed E-state index contributed by atoms with van der Waals surface area (Å²) in [5, 5.41) is 2.86. The quantitative estimate of drug-likeness (QED) is 0.349. The average molecular weight is 605 g/mol. The molecule has 1 N–H and O–H groups in total. The van der Waals surface area contributed by atoms with Gasteiger partial charge in [-0.1, -0.05) is 70.5 Å². The van der Waals surface area contributed by atoms with Gasteiger partial charge >= 0.3 is 0 Å². The van der Waals surface area contributed by atoms with Crippen molar-refractivity contribution in [1.29, 1.82) is 0 Å². The molecule has 2 amide bonds. The second-order valence-electron chi connectivity index (χ2n) is 9.23. The molecular weight excluding hydrogens is 573 g/mol. The zero-order chi connectivity index (χ0) is 27.9. The number of amides is 2. The summed E-state index contributed by atoms with van der Waals surface area (Å²) in [6.07, 6.45) is 1.17. The zero-order valence-corrected chi connectivity index (χ0v) is 23.9. The Morgan fingerprint density at radius 1 is 0.974 bits per heavy atom. The van der Waals surface area contributed by atoms with Crippen LogP contribution in [0, 0.1) is 5.82 Å². The number of nitrogens with one attached hydrogen (secondary N) is 1. The molecule has 10 heteroatoms. The molecule has 0 radical (unpaired) electrons. The van der Waals surface area contributed by atoms with Gasteiger partial charge in [-0.15, -0.1) is 0 Å². The normalized spacial score (nSPS) is 12.2. The van der Waals surface area contributed by atoms with Crippen LogP contribution in [-0.4, -0.2) is 50.0 Å². The Labute approximate surface area is 231 Å². The summed E-state index contributed by atoms with van der Waals surface area (Å²) in [4.78, 5) is 28.6. The summed E-state index contributed by atoms with van der Waals surface area (Å²) >= 11 is 3.34. The molecule has 0 spiro atoms. The molecule has 0 heterocycles. The third kappa shape index (κ3) is 8.13. The number of sulfonamides is 1. The lowest BCUT2D eigenvalue weighted by atomic mass is 10.0. The fourth-order valence-corrected chi connectivity index (χ4v) is 5.22. The summed E-state index contributed by atoms with van der Waals surface area (Å²) in [6, 6.07) is 20.5. The van der Waals surface area contributed by atoms with Crippen LogP contribution in [0.1, 0.15) is 25.0 Å². The van der Waals surface area contributed by atoms with Gasteiger partial charge in [-0.25, -0.2) is 12.8 Å². The summed E-state index contributed by atoms with van der Waals surface area (Å²) in [6.45, 7) is 2.83. The largest absolute Gasteiger partial charge is 0.352 e. The van der Waals surface area contributed by atoms with Crippen LogP contribution in [0.15, 0.2) is 83.3 Å². The summed E-state index contributed by atoms with van der Waals surface area (Å²) in [5.41, 5.74) is 1.30. The van der Waals surface area contributed by atoms with E-state index in [-0.39, 0.29) is 30.3 Å². The smallest absolute Gasteiger partial charge is 0.244 e. The van der Waals surface area contributed by atoms with Gasteiger partial charge < -0.3 is 10.2 Å². The number of carbonyl (C=O) groups excluding carboxylic acids is 2. The highest BCUT2D eigenvalue weighted by Crippen LogP contribution is 2.24. The van der Waals surface area contributed by atoms with Gasteiger partial charge in [0.25, 0.3) is 0 Å². The molecule has 3 aromatic carbocycles. The lowest BCUT2D eigenvalue weighted by molar-refractivity contribution is -0.140. The summed E-state index contributed by atoms with van der Waals surface area (Å²) in [5.74, 6) is -1.58. The number of rotatable bonds is 11. The van der Waals surface area contributed by atoms with Crippen LogP contribution in [0.2, 0.25) is 0 Å². The maximum Gasteiger partial charge on any atom is 0.244 e. The van der Waals surface area contributed by atoms with Gasteiger partial charge in [0.1, 0.15) is 18.4 Å². The van der Waals surface area contributed by atoms with Gasteiger partial charge in [-0.3, -0.25) is 13.9 Å². The number of nitrogens with zero attached hydrogens (tertiary/aromatic N) is 2. The molecule has 0 aliphatic heterocycles. The van der Waals surface area contributed by atoms with Crippen molar-refractivity contribution in [2.75, 3.05) is 17.1 Å². The molecule has 0 saturated heterocycles. The number of carbonyl (C=O) groups is 2. The highest BCUT2D eigenvalue weighted by atomic mass is 79.9. The van der Waals surface area contributed by atoms with E-state index >= 15 is 0 Å². The molecule has 7 nitrogen and oxygen atoms in total. The minimum Gasteiger partial charge on any atom is -0.352 e. The van der Waals surface area contributed by atoms with Crippen molar-refractivity contribution in [3.05, 3.63) is 100 Å². The molecule has 0 aromatic heterocycles. The Morgan fingerprint density at radius 2 is 1.63 bits per heavy atom. The number of anilines is 1. The summed E-state index contributed by atoms with van der Waals surface area (Å²) < 4.78 is 41.9. The van der Waals surface area contributed by atoms with Crippen molar-refractivity contribution >= 4 is 43.5 Å². The lowest BCUT2D eigenvalue weighted by Crippen LogP contribution is -2.54. The molecule has 0 bridgehead atoms. The highest BCUT2D eigenvalue weighted by molar-refractivity contribution is 9.10. The molecule has 1 unspecified atom stereocenters. The van der Waals surface area contributed by atoms with E-state index in [4.69, 9.17) is 0 Å². The van der Waals surface area contributed by atoms with E-state index in [1.807, 2.05) is 30.3 Å². The van der Waals surface area contributed by atoms with Gasteiger partial charge in [-0.05, 0) is 43.7 Å². The van der Waals surface area contributed by atoms with E-state index in [1.54, 1.807) is 44.2 Å². The van der Waals surface area contributed by atoms with Crippen molar-refractivity contribution in [1.82, 2.24) is 10.2 Å². The first kappa shape index (κ1) is 29.3. The first-order chi connectivity index (χ1) is 18.0. The van der Waals surface area contributed by atoms with E-state index in [1.165, 1.54) is 23.1 Å². The van der Waals surface area contributed by atoms with Gasteiger partial charge in [0.05, 0.1) is 11.9 Å². The highest BCUT2D eigenvalue weighted by Gasteiger charge is 2.33. The van der Waals surface area contributed by atoms with Crippen LogP contribution < -0.4 is 9.62 Å². The van der Waals surface area contributed by atoms with Crippen molar-refractivity contribution < 1.29 is 22.4 Å². The van der Waals surface area contributed by atoms with Crippen molar-refractivity contribution in [2.24, 2.45) is 0 Å². The van der Waals surface area contributed by atoms with E-state index in [9.17, 15) is 22.4 Å². The topological polar surface area (TPSA) is 86.8 Å². The Morgan fingerprint density at radius 3 is 2.24 bits per heavy atom. The van der Waals surface area contributed by atoms with Crippen molar-refractivity contribution in [3.63, 3.8) is 0 Å². The Bertz CT molecular complexity index is 1370. The van der Waals surface area contributed by atoms with Crippen LogP contribution >= 0.6 is 15.9 Å². The average Bonchev–Trinajstić information content (AvgIpc) is 2.85. The minimum atomic E-state index is -3.88. The molecule has 3 rings (SSSR count). The van der Waals surface area contributed by atoms with Gasteiger partial charge in [0.15, 0.2) is 0 Å². The fourth-order valence-electron chi connectivity index (χ4n) is 3.99. The van der Waals surface area contributed by atoms with Crippen LogP contribution in [0.5, 0.6) is 0 Å². The van der Waals surface area contributed by atoms with Crippen LogP contribution in [0.4, 0.5) is 10.1 Å².